The van der Waals surface area contributed by atoms with E-state index in [-0.39, 0.29) is 12.6 Å². The number of ether oxygens (including phenoxy) is 1. The number of carbonyl (C=O) groups excluding carboxylic acids is 1. The summed E-state index contributed by atoms with van der Waals surface area (Å²) in [5, 5.41) is 8.55. The summed E-state index contributed by atoms with van der Waals surface area (Å²) in [6.45, 7) is 1.22. The van der Waals surface area contributed by atoms with Crippen molar-refractivity contribution in [2.45, 2.75) is 25.8 Å². The van der Waals surface area contributed by atoms with Gasteiger partial charge in [0.2, 0.25) is 0 Å². The Morgan fingerprint density at radius 1 is 1.02 bits per heavy atom. The van der Waals surface area contributed by atoms with E-state index in [0.29, 0.717) is 54.5 Å². The summed E-state index contributed by atoms with van der Waals surface area (Å²) >= 11 is 6.09. The fourth-order valence-electron chi connectivity index (χ4n) is 4.60. The number of unbranched alkanes of at least 4 members (excludes halogenated alkanes) is 1. The van der Waals surface area contributed by atoms with E-state index >= 15 is 0 Å². The molecule has 0 bridgehead atoms. The van der Waals surface area contributed by atoms with Gasteiger partial charge in [0, 0.05) is 60.2 Å². The molecule has 0 atom stereocenters. The van der Waals surface area contributed by atoms with E-state index < -0.39 is 0 Å². The van der Waals surface area contributed by atoms with Crippen molar-refractivity contribution in [2.24, 2.45) is 0 Å². The minimum absolute atomic E-state index is 0.0876. The average molecular weight is 587 g/mol. The number of pyridine rings is 1. The number of alkyl halides is 1. The number of imidazole rings is 1. The van der Waals surface area contributed by atoms with Crippen LogP contribution in [0.15, 0.2) is 85.2 Å². The highest BCUT2D eigenvalue weighted by molar-refractivity contribution is 6.30. The standard InChI is InChI=1S/C32H32ClFN6O2/c1-42-28-14-18-35-27(20-28)15-19-39(22-23-4-10-26(33)11-5-23)32(41)25-8-6-24(7-9-25)29-21-37-31-13-12-30(38-40(29)31)36-17-3-2-16-34/h4-14,18,20-21H,2-3,15-17,19,22H2,1H3,(H,36,38). The van der Waals surface area contributed by atoms with Crippen LogP contribution in [-0.2, 0) is 13.0 Å². The molecule has 216 valence electrons. The zero-order chi connectivity index (χ0) is 29.3. The van der Waals surface area contributed by atoms with Crippen LogP contribution in [0, 0.1) is 0 Å². The summed E-state index contributed by atoms with van der Waals surface area (Å²) in [5.74, 6) is 1.33. The van der Waals surface area contributed by atoms with Gasteiger partial charge in [0.15, 0.2) is 5.65 Å². The maximum Gasteiger partial charge on any atom is 0.254 e. The molecular weight excluding hydrogens is 555 g/mol. The van der Waals surface area contributed by atoms with E-state index in [9.17, 15) is 9.18 Å². The number of fused-ring (bicyclic) bond motifs is 1. The van der Waals surface area contributed by atoms with Crippen LogP contribution in [0.5, 0.6) is 5.75 Å². The Labute approximate surface area is 249 Å². The Morgan fingerprint density at radius 2 is 1.83 bits per heavy atom. The molecule has 10 heteroatoms. The summed E-state index contributed by atoms with van der Waals surface area (Å²) in [5.41, 5.74) is 4.79. The normalized spacial score (nSPS) is 11.0. The lowest BCUT2D eigenvalue weighted by Crippen LogP contribution is -2.32. The number of anilines is 1. The molecule has 0 saturated heterocycles. The third kappa shape index (κ3) is 7.22. The molecule has 1 N–H and O–H groups in total. The molecule has 8 nitrogen and oxygen atoms in total. The first-order valence-corrected chi connectivity index (χ1v) is 14.2. The van der Waals surface area contributed by atoms with Gasteiger partial charge in [-0.3, -0.25) is 14.2 Å². The zero-order valence-electron chi connectivity index (χ0n) is 23.3. The van der Waals surface area contributed by atoms with Gasteiger partial charge < -0.3 is 15.0 Å². The van der Waals surface area contributed by atoms with Gasteiger partial charge in [0.05, 0.1) is 25.7 Å². The molecule has 0 fully saturated rings. The van der Waals surface area contributed by atoms with E-state index in [0.717, 1.165) is 34.7 Å². The molecule has 0 aliphatic carbocycles. The number of carbonyl (C=O) groups is 1. The van der Waals surface area contributed by atoms with Gasteiger partial charge in [-0.1, -0.05) is 35.9 Å². The number of hydrogen-bond donors (Lipinski definition) is 1. The second-order valence-electron chi connectivity index (χ2n) is 9.82. The van der Waals surface area contributed by atoms with Gasteiger partial charge in [-0.2, -0.15) is 0 Å². The van der Waals surface area contributed by atoms with E-state index in [4.69, 9.17) is 16.3 Å². The molecule has 0 unspecified atom stereocenters. The zero-order valence-corrected chi connectivity index (χ0v) is 24.1. The number of nitrogens with zero attached hydrogens (tertiary/aromatic N) is 5. The van der Waals surface area contributed by atoms with Crippen molar-refractivity contribution in [1.82, 2.24) is 24.5 Å². The Hall–Kier alpha value is -4.50. The summed E-state index contributed by atoms with van der Waals surface area (Å²) in [6.07, 6.45) is 5.30. The number of rotatable bonds is 13. The molecule has 0 aliphatic heterocycles. The number of nitrogens with one attached hydrogen (secondary N) is 1. The Bertz CT molecular complexity index is 1620. The van der Waals surface area contributed by atoms with Crippen LogP contribution in [0.3, 0.4) is 0 Å². The predicted octanol–water partition coefficient (Wildman–Crippen LogP) is 6.50. The minimum Gasteiger partial charge on any atom is -0.497 e. The molecule has 1 amide bonds. The largest absolute Gasteiger partial charge is 0.497 e. The van der Waals surface area contributed by atoms with E-state index in [1.807, 2.05) is 71.6 Å². The third-order valence-electron chi connectivity index (χ3n) is 6.89. The lowest BCUT2D eigenvalue weighted by atomic mass is 10.1. The van der Waals surface area contributed by atoms with Crippen molar-refractivity contribution < 1.29 is 13.9 Å². The third-order valence-corrected chi connectivity index (χ3v) is 7.14. The highest BCUT2D eigenvalue weighted by Gasteiger charge is 2.18. The molecule has 0 aliphatic rings. The average Bonchev–Trinajstić information content (AvgIpc) is 3.45. The second-order valence-corrected chi connectivity index (χ2v) is 10.3. The highest BCUT2D eigenvalue weighted by Crippen LogP contribution is 2.23. The van der Waals surface area contributed by atoms with E-state index in [1.54, 1.807) is 30.1 Å². The fraction of sp³-hybridized carbons (Fsp3) is 0.250. The Morgan fingerprint density at radius 3 is 2.60 bits per heavy atom. The lowest BCUT2D eigenvalue weighted by Gasteiger charge is -2.23. The van der Waals surface area contributed by atoms with Crippen molar-refractivity contribution in [3.05, 3.63) is 107 Å². The Kier molecular flexibility index (Phi) is 9.61. The van der Waals surface area contributed by atoms with Gasteiger partial charge in [-0.25, -0.2) is 9.50 Å². The van der Waals surface area contributed by atoms with Crippen LogP contribution < -0.4 is 10.1 Å². The fourth-order valence-corrected chi connectivity index (χ4v) is 4.72. The number of hydrogen-bond acceptors (Lipinski definition) is 6. The summed E-state index contributed by atoms with van der Waals surface area (Å²) in [6, 6.07) is 22.4. The topological polar surface area (TPSA) is 84.6 Å². The first-order chi connectivity index (χ1) is 20.5. The number of aromatic nitrogens is 4. The Balaban J connectivity index is 1.34. The van der Waals surface area contributed by atoms with Crippen LogP contribution in [0.25, 0.3) is 16.9 Å². The maximum atomic E-state index is 13.8. The minimum atomic E-state index is -0.323. The summed E-state index contributed by atoms with van der Waals surface area (Å²) in [4.78, 5) is 24.5. The van der Waals surface area contributed by atoms with Gasteiger partial charge in [-0.15, -0.1) is 5.10 Å². The highest BCUT2D eigenvalue weighted by atomic mass is 35.5. The van der Waals surface area contributed by atoms with E-state index in [1.165, 1.54) is 0 Å². The molecule has 3 heterocycles. The van der Waals surface area contributed by atoms with Gasteiger partial charge in [0.25, 0.3) is 5.91 Å². The molecule has 0 radical (unpaired) electrons. The maximum absolute atomic E-state index is 13.8. The molecule has 5 rings (SSSR count). The predicted molar refractivity (Wildman–Crippen MR) is 163 cm³/mol. The van der Waals surface area contributed by atoms with Crippen molar-refractivity contribution in [2.75, 3.05) is 32.2 Å². The molecule has 0 saturated carbocycles. The molecule has 3 aromatic heterocycles. The molecule has 42 heavy (non-hydrogen) atoms. The first kappa shape index (κ1) is 29.0. The number of amides is 1. The SMILES string of the molecule is COc1ccnc(CCN(Cc2ccc(Cl)cc2)C(=O)c2ccc(-c3cnc4ccc(NCCCCF)nn34)cc2)c1. The number of benzene rings is 2. The first-order valence-electron chi connectivity index (χ1n) is 13.8. The lowest BCUT2D eigenvalue weighted by molar-refractivity contribution is 0.0744. The molecule has 2 aromatic carbocycles. The van der Waals surface area contributed by atoms with E-state index in [2.05, 4.69) is 20.4 Å². The van der Waals surface area contributed by atoms with Gasteiger partial charge in [-0.05, 0) is 60.9 Å². The summed E-state index contributed by atoms with van der Waals surface area (Å²) in [7, 11) is 1.62. The smallest absolute Gasteiger partial charge is 0.254 e. The second kappa shape index (κ2) is 13.9. The molecule has 0 spiro atoms. The van der Waals surface area contributed by atoms with Gasteiger partial charge in [0.1, 0.15) is 11.6 Å². The van der Waals surface area contributed by atoms with Crippen molar-refractivity contribution in [3.8, 4) is 17.0 Å². The van der Waals surface area contributed by atoms with Crippen LogP contribution in [0.1, 0.15) is 34.5 Å². The van der Waals surface area contributed by atoms with Crippen molar-refractivity contribution in [3.63, 3.8) is 0 Å². The van der Waals surface area contributed by atoms with Crippen LogP contribution >= 0.6 is 11.6 Å². The summed E-state index contributed by atoms with van der Waals surface area (Å²) < 4.78 is 19.5. The number of halogens is 2. The monoisotopic (exact) mass is 586 g/mol. The van der Waals surface area contributed by atoms with Gasteiger partial charge >= 0.3 is 0 Å². The quantitative estimate of drug-likeness (QED) is 0.159. The molecule has 5 aromatic rings. The van der Waals surface area contributed by atoms with Crippen LogP contribution in [0.4, 0.5) is 10.2 Å². The number of methoxy groups -OCH3 is 1. The van der Waals surface area contributed by atoms with Crippen LogP contribution in [-0.4, -0.2) is 57.3 Å². The van der Waals surface area contributed by atoms with Crippen molar-refractivity contribution >= 4 is 29.0 Å². The molecular formula is C32H32ClFN6O2. The van der Waals surface area contributed by atoms with Crippen molar-refractivity contribution in [1.29, 1.82) is 0 Å². The van der Waals surface area contributed by atoms with Crippen LogP contribution in [0.2, 0.25) is 5.02 Å².